The zero-order valence-electron chi connectivity index (χ0n) is 10.0. The van der Waals surface area contributed by atoms with E-state index in [1.165, 1.54) is 6.42 Å². The van der Waals surface area contributed by atoms with Gasteiger partial charge in [-0.05, 0) is 37.3 Å². The van der Waals surface area contributed by atoms with Crippen LogP contribution in [0.15, 0.2) is 24.3 Å². The molecule has 1 aliphatic rings. The lowest BCUT2D eigenvalue weighted by Crippen LogP contribution is -2.24. The Balaban J connectivity index is 1.96. The molecule has 0 saturated heterocycles. The summed E-state index contributed by atoms with van der Waals surface area (Å²) < 4.78 is 13.6. The Bertz CT molecular complexity index is 350. The number of hydrogen-bond acceptors (Lipinski definition) is 1. The standard InChI is InChI=1S/C14H20FN/c1-3-14(16-9-11-8-10(11)2)12-6-4-5-7-13(12)15/h4-7,10-11,14,16H,3,8-9H2,1-2H3. The van der Waals surface area contributed by atoms with E-state index in [-0.39, 0.29) is 11.9 Å². The van der Waals surface area contributed by atoms with Crippen LogP contribution in [0.1, 0.15) is 38.3 Å². The predicted molar refractivity (Wildman–Crippen MR) is 64.7 cm³/mol. The quantitative estimate of drug-likeness (QED) is 0.802. The van der Waals surface area contributed by atoms with Crippen molar-refractivity contribution in [1.29, 1.82) is 0 Å². The topological polar surface area (TPSA) is 12.0 Å². The molecule has 0 aliphatic heterocycles. The fourth-order valence-electron chi connectivity index (χ4n) is 2.21. The molecule has 0 heterocycles. The Morgan fingerprint density at radius 3 is 2.69 bits per heavy atom. The van der Waals surface area contributed by atoms with Crippen LogP contribution >= 0.6 is 0 Å². The molecule has 1 aromatic rings. The highest BCUT2D eigenvalue weighted by molar-refractivity contribution is 5.21. The molecule has 16 heavy (non-hydrogen) atoms. The molecule has 2 heteroatoms. The van der Waals surface area contributed by atoms with Crippen LogP contribution in [0.2, 0.25) is 0 Å². The average molecular weight is 221 g/mol. The summed E-state index contributed by atoms with van der Waals surface area (Å²) in [6.07, 6.45) is 2.25. The molecule has 0 aromatic heterocycles. The monoisotopic (exact) mass is 221 g/mol. The van der Waals surface area contributed by atoms with E-state index in [0.717, 1.165) is 30.4 Å². The van der Waals surface area contributed by atoms with Crippen molar-refractivity contribution in [1.82, 2.24) is 5.32 Å². The van der Waals surface area contributed by atoms with Crippen LogP contribution < -0.4 is 5.32 Å². The third-order valence-corrected chi connectivity index (χ3v) is 3.59. The van der Waals surface area contributed by atoms with E-state index in [1.807, 2.05) is 12.1 Å². The second-order valence-electron chi connectivity index (χ2n) is 4.86. The fourth-order valence-corrected chi connectivity index (χ4v) is 2.21. The minimum Gasteiger partial charge on any atom is -0.310 e. The molecular weight excluding hydrogens is 201 g/mol. The van der Waals surface area contributed by atoms with E-state index < -0.39 is 0 Å². The van der Waals surface area contributed by atoms with Crippen molar-refractivity contribution >= 4 is 0 Å². The van der Waals surface area contributed by atoms with Crippen molar-refractivity contribution in [2.75, 3.05) is 6.54 Å². The molecule has 0 spiro atoms. The maximum Gasteiger partial charge on any atom is 0.127 e. The second-order valence-corrected chi connectivity index (χ2v) is 4.86. The second kappa shape index (κ2) is 4.96. The van der Waals surface area contributed by atoms with Gasteiger partial charge < -0.3 is 5.32 Å². The largest absolute Gasteiger partial charge is 0.310 e. The zero-order chi connectivity index (χ0) is 11.5. The first kappa shape index (κ1) is 11.6. The van der Waals surface area contributed by atoms with Crippen LogP contribution in [-0.2, 0) is 0 Å². The SMILES string of the molecule is CCC(NCC1CC1C)c1ccccc1F. The number of rotatable bonds is 5. The summed E-state index contributed by atoms with van der Waals surface area (Å²) in [5.74, 6) is 1.57. The van der Waals surface area contributed by atoms with Gasteiger partial charge in [-0.1, -0.05) is 32.0 Å². The lowest BCUT2D eigenvalue weighted by atomic mass is 10.0. The van der Waals surface area contributed by atoms with Gasteiger partial charge >= 0.3 is 0 Å². The molecule has 3 atom stereocenters. The Hall–Kier alpha value is -0.890. The Kier molecular flexibility index (Phi) is 3.59. The van der Waals surface area contributed by atoms with Crippen LogP contribution in [0.25, 0.3) is 0 Å². The molecule has 1 aromatic carbocycles. The lowest BCUT2D eigenvalue weighted by molar-refractivity contribution is 0.471. The molecule has 1 N–H and O–H groups in total. The maximum atomic E-state index is 13.6. The summed E-state index contributed by atoms with van der Waals surface area (Å²) >= 11 is 0. The molecule has 1 fully saturated rings. The van der Waals surface area contributed by atoms with Crippen molar-refractivity contribution in [3.05, 3.63) is 35.6 Å². The third-order valence-electron chi connectivity index (χ3n) is 3.59. The van der Waals surface area contributed by atoms with Crippen LogP contribution in [0, 0.1) is 17.7 Å². The van der Waals surface area contributed by atoms with Gasteiger partial charge in [0.2, 0.25) is 0 Å². The summed E-state index contributed by atoms with van der Waals surface area (Å²) in [7, 11) is 0. The molecule has 0 amide bonds. The summed E-state index contributed by atoms with van der Waals surface area (Å²) in [5, 5.41) is 3.48. The summed E-state index contributed by atoms with van der Waals surface area (Å²) in [6.45, 7) is 5.39. The van der Waals surface area contributed by atoms with E-state index in [4.69, 9.17) is 0 Å². The third kappa shape index (κ3) is 2.62. The van der Waals surface area contributed by atoms with Gasteiger partial charge in [-0.3, -0.25) is 0 Å². The Labute approximate surface area is 97.1 Å². The first-order valence-corrected chi connectivity index (χ1v) is 6.20. The first-order chi connectivity index (χ1) is 7.72. The number of hydrogen-bond donors (Lipinski definition) is 1. The van der Waals surface area contributed by atoms with Crippen molar-refractivity contribution in [2.45, 2.75) is 32.7 Å². The van der Waals surface area contributed by atoms with Crippen LogP contribution in [-0.4, -0.2) is 6.54 Å². The molecule has 88 valence electrons. The summed E-state index contributed by atoms with van der Waals surface area (Å²) in [4.78, 5) is 0. The Morgan fingerprint density at radius 1 is 1.44 bits per heavy atom. The van der Waals surface area contributed by atoms with Crippen LogP contribution in [0.4, 0.5) is 4.39 Å². The lowest BCUT2D eigenvalue weighted by Gasteiger charge is -2.18. The molecule has 0 radical (unpaired) electrons. The first-order valence-electron chi connectivity index (χ1n) is 6.20. The number of nitrogens with one attached hydrogen (secondary N) is 1. The summed E-state index contributed by atoms with van der Waals surface area (Å²) in [6, 6.07) is 7.23. The van der Waals surface area contributed by atoms with Gasteiger partial charge in [-0.15, -0.1) is 0 Å². The van der Waals surface area contributed by atoms with Gasteiger partial charge in [0, 0.05) is 11.6 Å². The van der Waals surface area contributed by atoms with E-state index in [1.54, 1.807) is 12.1 Å². The highest BCUT2D eigenvalue weighted by Crippen LogP contribution is 2.37. The minimum absolute atomic E-state index is 0.0919. The summed E-state index contributed by atoms with van der Waals surface area (Å²) in [5.41, 5.74) is 0.804. The van der Waals surface area contributed by atoms with E-state index in [2.05, 4.69) is 19.2 Å². The maximum absolute atomic E-state index is 13.6. The van der Waals surface area contributed by atoms with Gasteiger partial charge in [0.05, 0.1) is 0 Å². The van der Waals surface area contributed by atoms with E-state index in [0.29, 0.717) is 0 Å². The van der Waals surface area contributed by atoms with Crippen LogP contribution in [0.3, 0.4) is 0 Å². The molecule has 2 rings (SSSR count). The van der Waals surface area contributed by atoms with Crippen molar-refractivity contribution in [2.24, 2.45) is 11.8 Å². The number of halogens is 1. The van der Waals surface area contributed by atoms with Gasteiger partial charge in [-0.25, -0.2) is 4.39 Å². The van der Waals surface area contributed by atoms with Crippen molar-refractivity contribution in [3.8, 4) is 0 Å². The fraction of sp³-hybridized carbons (Fsp3) is 0.571. The molecule has 1 aliphatic carbocycles. The van der Waals surface area contributed by atoms with Crippen LogP contribution in [0.5, 0.6) is 0 Å². The van der Waals surface area contributed by atoms with Gasteiger partial charge in [0.15, 0.2) is 0 Å². The van der Waals surface area contributed by atoms with E-state index in [9.17, 15) is 4.39 Å². The Morgan fingerprint density at radius 2 is 2.12 bits per heavy atom. The molecule has 3 unspecified atom stereocenters. The average Bonchev–Trinajstić information content (AvgIpc) is 2.98. The smallest absolute Gasteiger partial charge is 0.127 e. The van der Waals surface area contributed by atoms with Crippen molar-refractivity contribution < 1.29 is 4.39 Å². The predicted octanol–water partition coefficient (Wildman–Crippen LogP) is 3.52. The molecule has 1 nitrogen and oxygen atoms in total. The van der Waals surface area contributed by atoms with Gasteiger partial charge in [0.25, 0.3) is 0 Å². The minimum atomic E-state index is -0.0919. The molecular formula is C14H20FN. The highest BCUT2D eigenvalue weighted by atomic mass is 19.1. The van der Waals surface area contributed by atoms with Gasteiger partial charge in [-0.2, -0.15) is 0 Å². The zero-order valence-corrected chi connectivity index (χ0v) is 10.0. The van der Waals surface area contributed by atoms with E-state index >= 15 is 0 Å². The molecule has 1 saturated carbocycles. The highest BCUT2D eigenvalue weighted by Gasteiger charge is 2.32. The molecule has 0 bridgehead atoms. The number of benzene rings is 1. The van der Waals surface area contributed by atoms with Gasteiger partial charge in [0.1, 0.15) is 5.82 Å². The van der Waals surface area contributed by atoms with Crippen molar-refractivity contribution in [3.63, 3.8) is 0 Å². The normalized spacial score (nSPS) is 25.4.